The van der Waals surface area contributed by atoms with Crippen LogP contribution in [0.3, 0.4) is 0 Å². The van der Waals surface area contributed by atoms with Gasteiger partial charge in [-0.3, -0.25) is 9.78 Å². The monoisotopic (exact) mass is 258 g/mol. The van der Waals surface area contributed by atoms with Crippen LogP contribution in [0.15, 0.2) is 30.5 Å². The molecule has 5 nitrogen and oxygen atoms in total. The summed E-state index contributed by atoms with van der Waals surface area (Å²) in [6.07, 6.45) is 2.18. The highest BCUT2D eigenvalue weighted by molar-refractivity contribution is 5.98. The molecular weight excluding hydrogens is 240 g/mol. The SMILES string of the molecule is CN(C)C(=O)CCNc1ccc(N)c2cccnc12. The first-order chi connectivity index (χ1) is 9.09. The lowest BCUT2D eigenvalue weighted by molar-refractivity contribution is -0.128. The molecule has 0 radical (unpaired) electrons. The molecule has 2 aromatic rings. The smallest absolute Gasteiger partial charge is 0.223 e. The van der Waals surface area contributed by atoms with Gasteiger partial charge in [0, 0.05) is 44.3 Å². The van der Waals surface area contributed by atoms with Crippen LogP contribution in [0.5, 0.6) is 0 Å². The molecule has 0 spiro atoms. The topological polar surface area (TPSA) is 71.2 Å². The van der Waals surface area contributed by atoms with Gasteiger partial charge in [0.1, 0.15) is 0 Å². The van der Waals surface area contributed by atoms with E-state index in [1.807, 2.05) is 24.3 Å². The van der Waals surface area contributed by atoms with E-state index in [9.17, 15) is 4.79 Å². The maximum absolute atomic E-state index is 11.5. The average molecular weight is 258 g/mol. The Hall–Kier alpha value is -2.30. The van der Waals surface area contributed by atoms with Crippen molar-refractivity contribution in [3.8, 4) is 0 Å². The summed E-state index contributed by atoms with van der Waals surface area (Å²) in [7, 11) is 3.50. The molecule has 0 aliphatic heterocycles. The molecule has 0 saturated carbocycles. The Morgan fingerprint density at radius 2 is 2.16 bits per heavy atom. The molecule has 3 N–H and O–H groups in total. The van der Waals surface area contributed by atoms with Gasteiger partial charge < -0.3 is 16.0 Å². The number of fused-ring (bicyclic) bond motifs is 1. The van der Waals surface area contributed by atoms with Gasteiger partial charge in [0.25, 0.3) is 0 Å². The first-order valence-electron chi connectivity index (χ1n) is 6.17. The van der Waals surface area contributed by atoms with Crippen molar-refractivity contribution < 1.29 is 4.79 Å². The van der Waals surface area contributed by atoms with E-state index in [1.165, 1.54) is 0 Å². The van der Waals surface area contributed by atoms with Crippen molar-refractivity contribution in [1.29, 1.82) is 0 Å². The van der Waals surface area contributed by atoms with Crippen LogP contribution in [0, 0.1) is 0 Å². The zero-order chi connectivity index (χ0) is 13.8. The van der Waals surface area contributed by atoms with Crippen molar-refractivity contribution in [3.63, 3.8) is 0 Å². The van der Waals surface area contributed by atoms with Gasteiger partial charge in [-0.25, -0.2) is 0 Å². The van der Waals surface area contributed by atoms with Crippen LogP contribution in [0.1, 0.15) is 6.42 Å². The number of hydrogen-bond donors (Lipinski definition) is 2. The Balaban J connectivity index is 2.13. The number of anilines is 2. The molecule has 1 aromatic carbocycles. The summed E-state index contributed by atoms with van der Waals surface area (Å²) < 4.78 is 0. The standard InChI is InChI=1S/C14H18N4O/c1-18(2)13(19)7-9-16-12-6-5-11(15)10-4-3-8-17-14(10)12/h3-6,8,16H,7,9,15H2,1-2H3. The van der Waals surface area contributed by atoms with Gasteiger partial charge >= 0.3 is 0 Å². The number of pyridine rings is 1. The highest BCUT2D eigenvalue weighted by Gasteiger charge is 2.06. The molecule has 0 unspecified atom stereocenters. The van der Waals surface area contributed by atoms with Crippen molar-refractivity contribution in [1.82, 2.24) is 9.88 Å². The largest absolute Gasteiger partial charge is 0.398 e. The summed E-state index contributed by atoms with van der Waals surface area (Å²) in [5, 5.41) is 4.16. The molecule has 1 amide bonds. The number of rotatable bonds is 4. The van der Waals surface area contributed by atoms with Crippen LogP contribution in [0.4, 0.5) is 11.4 Å². The number of aromatic nitrogens is 1. The minimum absolute atomic E-state index is 0.0974. The number of hydrogen-bond acceptors (Lipinski definition) is 4. The van der Waals surface area contributed by atoms with Crippen LogP contribution in [0.25, 0.3) is 10.9 Å². The fourth-order valence-electron chi connectivity index (χ4n) is 1.87. The third kappa shape index (κ3) is 2.93. The first kappa shape index (κ1) is 13.1. The number of amides is 1. The van der Waals surface area contributed by atoms with E-state index in [4.69, 9.17) is 5.73 Å². The van der Waals surface area contributed by atoms with Crippen molar-refractivity contribution in [2.24, 2.45) is 0 Å². The van der Waals surface area contributed by atoms with Crippen molar-refractivity contribution in [3.05, 3.63) is 30.5 Å². The predicted octanol–water partition coefficient (Wildman–Crippen LogP) is 1.71. The zero-order valence-corrected chi connectivity index (χ0v) is 11.2. The number of carbonyl (C=O) groups excluding carboxylic acids is 1. The summed E-state index contributed by atoms with van der Waals surface area (Å²) in [4.78, 5) is 17.4. The van der Waals surface area contributed by atoms with E-state index >= 15 is 0 Å². The van der Waals surface area contributed by atoms with Crippen molar-refractivity contribution in [2.45, 2.75) is 6.42 Å². The summed E-state index contributed by atoms with van der Waals surface area (Å²) >= 11 is 0. The second kappa shape index (κ2) is 5.56. The number of carbonyl (C=O) groups is 1. The second-order valence-corrected chi connectivity index (χ2v) is 4.57. The van der Waals surface area contributed by atoms with Crippen LogP contribution < -0.4 is 11.1 Å². The molecule has 0 atom stereocenters. The fourth-order valence-corrected chi connectivity index (χ4v) is 1.87. The number of nitrogens with one attached hydrogen (secondary N) is 1. The summed E-state index contributed by atoms with van der Waals surface area (Å²) in [5.74, 6) is 0.0974. The maximum atomic E-state index is 11.5. The molecule has 0 fully saturated rings. The van der Waals surface area contributed by atoms with Crippen LogP contribution in [0.2, 0.25) is 0 Å². The van der Waals surface area contributed by atoms with Crippen LogP contribution >= 0.6 is 0 Å². The second-order valence-electron chi connectivity index (χ2n) is 4.57. The number of benzene rings is 1. The summed E-state index contributed by atoms with van der Waals surface area (Å²) in [6, 6.07) is 7.54. The lowest BCUT2D eigenvalue weighted by atomic mass is 10.1. The van der Waals surface area contributed by atoms with Crippen LogP contribution in [-0.4, -0.2) is 36.4 Å². The lowest BCUT2D eigenvalue weighted by Gasteiger charge is -2.12. The van der Waals surface area contributed by atoms with E-state index < -0.39 is 0 Å². The Morgan fingerprint density at radius 3 is 2.89 bits per heavy atom. The van der Waals surface area contributed by atoms with Crippen molar-refractivity contribution >= 4 is 28.2 Å². The number of nitrogens with two attached hydrogens (primary N) is 1. The van der Waals surface area contributed by atoms with Gasteiger partial charge in [0.05, 0.1) is 11.2 Å². The van der Waals surface area contributed by atoms with Gasteiger partial charge in [-0.05, 0) is 24.3 Å². The molecule has 5 heteroatoms. The Labute approximate surface area is 112 Å². The van der Waals surface area contributed by atoms with Crippen molar-refractivity contribution in [2.75, 3.05) is 31.7 Å². The van der Waals surface area contributed by atoms with Gasteiger partial charge in [-0.15, -0.1) is 0 Å². The fraction of sp³-hybridized carbons (Fsp3) is 0.286. The predicted molar refractivity (Wildman–Crippen MR) is 78.0 cm³/mol. The molecule has 0 bridgehead atoms. The van der Waals surface area contributed by atoms with Gasteiger partial charge in [0.15, 0.2) is 0 Å². The summed E-state index contributed by atoms with van der Waals surface area (Å²) in [6.45, 7) is 0.576. The minimum Gasteiger partial charge on any atom is -0.398 e. The minimum atomic E-state index is 0.0974. The molecule has 2 rings (SSSR count). The Kier molecular flexibility index (Phi) is 3.85. The van der Waals surface area contributed by atoms with E-state index in [0.29, 0.717) is 18.7 Å². The average Bonchev–Trinajstić information content (AvgIpc) is 2.41. The third-order valence-electron chi connectivity index (χ3n) is 2.96. The maximum Gasteiger partial charge on any atom is 0.223 e. The number of nitrogen functional groups attached to an aromatic ring is 1. The quantitative estimate of drug-likeness (QED) is 0.819. The van der Waals surface area contributed by atoms with E-state index in [0.717, 1.165) is 16.6 Å². The van der Waals surface area contributed by atoms with Gasteiger partial charge in [-0.1, -0.05) is 0 Å². The molecular formula is C14H18N4O. The molecule has 1 heterocycles. The highest BCUT2D eigenvalue weighted by atomic mass is 16.2. The van der Waals surface area contributed by atoms with E-state index in [2.05, 4.69) is 10.3 Å². The summed E-state index contributed by atoms with van der Waals surface area (Å²) in [5.41, 5.74) is 8.35. The number of nitrogens with zero attached hydrogens (tertiary/aromatic N) is 2. The molecule has 0 aliphatic rings. The van der Waals surface area contributed by atoms with E-state index in [-0.39, 0.29) is 5.91 Å². The lowest BCUT2D eigenvalue weighted by Crippen LogP contribution is -2.23. The van der Waals surface area contributed by atoms with E-state index in [1.54, 1.807) is 25.2 Å². The molecule has 0 saturated heterocycles. The van der Waals surface area contributed by atoms with Gasteiger partial charge in [-0.2, -0.15) is 0 Å². The highest BCUT2D eigenvalue weighted by Crippen LogP contribution is 2.26. The normalized spacial score (nSPS) is 10.4. The Bertz CT molecular complexity index is 595. The molecule has 100 valence electrons. The van der Waals surface area contributed by atoms with Crippen LogP contribution in [-0.2, 0) is 4.79 Å². The molecule has 19 heavy (non-hydrogen) atoms. The Morgan fingerprint density at radius 1 is 1.37 bits per heavy atom. The molecule has 0 aliphatic carbocycles. The zero-order valence-electron chi connectivity index (χ0n) is 11.2. The molecule has 1 aromatic heterocycles. The van der Waals surface area contributed by atoms with Gasteiger partial charge in [0.2, 0.25) is 5.91 Å². The first-order valence-corrected chi connectivity index (χ1v) is 6.17. The third-order valence-corrected chi connectivity index (χ3v) is 2.96.